The molecular formula is C8H13F2NO2. The molecule has 0 radical (unpaired) electrons. The molecule has 3 nitrogen and oxygen atoms in total. The summed E-state index contributed by atoms with van der Waals surface area (Å²) in [5.74, 6) is -1.23. The van der Waals surface area contributed by atoms with Gasteiger partial charge in [0.1, 0.15) is 0 Å². The van der Waals surface area contributed by atoms with Crippen LogP contribution >= 0.6 is 0 Å². The molecule has 0 aliphatic carbocycles. The van der Waals surface area contributed by atoms with Gasteiger partial charge >= 0.3 is 5.97 Å². The molecule has 1 rings (SSSR count). The Labute approximate surface area is 75.3 Å². The van der Waals surface area contributed by atoms with Gasteiger partial charge in [-0.2, -0.15) is 0 Å². The molecular weight excluding hydrogens is 180 g/mol. The summed E-state index contributed by atoms with van der Waals surface area (Å²) in [7, 11) is 0. The fourth-order valence-electron chi connectivity index (χ4n) is 1.47. The maximum absolute atomic E-state index is 11.8. The Bertz CT molecular complexity index is 193. The van der Waals surface area contributed by atoms with Crippen molar-refractivity contribution in [2.75, 3.05) is 19.6 Å². The first-order valence-corrected chi connectivity index (χ1v) is 4.24. The Morgan fingerprint density at radius 3 is 2.54 bits per heavy atom. The molecule has 1 saturated heterocycles. The molecule has 0 amide bonds. The number of nitrogens with zero attached hydrogens (tertiary/aromatic N) is 1. The van der Waals surface area contributed by atoms with Crippen LogP contribution in [0.25, 0.3) is 0 Å². The van der Waals surface area contributed by atoms with Crippen LogP contribution in [0.4, 0.5) is 8.78 Å². The number of likely N-dealkylation sites (tertiary alicyclic amines) is 1. The molecule has 13 heavy (non-hydrogen) atoms. The number of halogens is 2. The zero-order chi connectivity index (χ0) is 10.0. The summed E-state index contributed by atoms with van der Waals surface area (Å²) in [6.07, 6.45) is -2.32. The first-order chi connectivity index (χ1) is 6.00. The number of aliphatic carboxylic acids is 1. The molecule has 1 aliphatic heterocycles. The van der Waals surface area contributed by atoms with Crippen molar-refractivity contribution >= 4 is 5.97 Å². The lowest BCUT2D eigenvalue weighted by molar-refractivity contribution is -0.145. The fourth-order valence-corrected chi connectivity index (χ4v) is 1.47. The molecule has 1 unspecified atom stereocenters. The zero-order valence-electron chi connectivity index (χ0n) is 7.41. The average molecular weight is 193 g/mol. The number of hydrogen-bond donors (Lipinski definition) is 1. The van der Waals surface area contributed by atoms with E-state index in [2.05, 4.69) is 0 Å². The van der Waals surface area contributed by atoms with Crippen molar-refractivity contribution < 1.29 is 18.7 Å². The Balaban J connectivity index is 2.21. The topological polar surface area (TPSA) is 40.5 Å². The van der Waals surface area contributed by atoms with Gasteiger partial charge in [-0.3, -0.25) is 9.69 Å². The minimum absolute atomic E-state index is 0.0382. The Kier molecular flexibility index (Phi) is 3.19. The van der Waals surface area contributed by atoms with Crippen LogP contribution in [0.15, 0.2) is 0 Å². The highest BCUT2D eigenvalue weighted by Crippen LogP contribution is 2.24. The lowest BCUT2D eigenvalue weighted by Gasteiger charge is -2.40. The van der Waals surface area contributed by atoms with E-state index >= 15 is 0 Å². The van der Waals surface area contributed by atoms with E-state index in [4.69, 9.17) is 5.11 Å². The van der Waals surface area contributed by atoms with Crippen molar-refractivity contribution in [3.8, 4) is 0 Å². The predicted molar refractivity (Wildman–Crippen MR) is 42.7 cm³/mol. The van der Waals surface area contributed by atoms with Crippen molar-refractivity contribution in [1.82, 2.24) is 4.90 Å². The van der Waals surface area contributed by atoms with Crippen LogP contribution in [-0.4, -0.2) is 42.0 Å². The van der Waals surface area contributed by atoms with Crippen LogP contribution < -0.4 is 0 Å². The van der Waals surface area contributed by atoms with Crippen LogP contribution in [0, 0.1) is 11.8 Å². The molecule has 0 aromatic carbocycles. The van der Waals surface area contributed by atoms with Gasteiger partial charge in [0.05, 0.1) is 12.5 Å². The monoisotopic (exact) mass is 193 g/mol. The van der Waals surface area contributed by atoms with Crippen LogP contribution in [0.5, 0.6) is 0 Å². The number of hydrogen-bond acceptors (Lipinski definition) is 2. The zero-order valence-corrected chi connectivity index (χ0v) is 7.41. The molecule has 1 N–H and O–H groups in total. The third kappa shape index (κ3) is 2.62. The van der Waals surface area contributed by atoms with Crippen molar-refractivity contribution in [2.24, 2.45) is 11.8 Å². The van der Waals surface area contributed by atoms with Crippen LogP contribution in [0.2, 0.25) is 0 Å². The molecule has 1 aliphatic rings. The summed E-state index contributed by atoms with van der Waals surface area (Å²) in [6, 6.07) is 0. The number of carboxylic acids is 1. The first-order valence-electron chi connectivity index (χ1n) is 4.24. The summed E-state index contributed by atoms with van der Waals surface area (Å²) in [5, 5.41) is 8.62. The van der Waals surface area contributed by atoms with E-state index in [0.29, 0.717) is 13.1 Å². The molecule has 1 atom stereocenters. The van der Waals surface area contributed by atoms with E-state index < -0.39 is 18.3 Å². The van der Waals surface area contributed by atoms with Gasteiger partial charge in [0, 0.05) is 13.1 Å². The Morgan fingerprint density at radius 1 is 1.62 bits per heavy atom. The third-order valence-electron chi connectivity index (χ3n) is 2.48. The van der Waals surface area contributed by atoms with Gasteiger partial charge in [0.25, 0.3) is 6.43 Å². The lowest BCUT2D eigenvalue weighted by atomic mass is 9.87. The van der Waals surface area contributed by atoms with Gasteiger partial charge in [-0.25, -0.2) is 8.78 Å². The van der Waals surface area contributed by atoms with Crippen molar-refractivity contribution in [3.05, 3.63) is 0 Å². The van der Waals surface area contributed by atoms with Crippen LogP contribution in [0.1, 0.15) is 6.92 Å². The normalized spacial score (nSPS) is 21.5. The number of carbonyl (C=O) groups is 1. The second-order valence-corrected chi connectivity index (χ2v) is 3.50. The minimum atomic E-state index is -2.32. The Morgan fingerprint density at radius 2 is 2.15 bits per heavy atom. The minimum Gasteiger partial charge on any atom is -0.481 e. The summed E-state index contributed by atoms with van der Waals surface area (Å²) in [6.45, 7) is 2.35. The predicted octanol–water partition coefficient (Wildman–Crippen LogP) is 0.904. The smallest absolute Gasteiger partial charge is 0.306 e. The van der Waals surface area contributed by atoms with Crippen LogP contribution in [0.3, 0.4) is 0 Å². The van der Waals surface area contributed by atoms with Gasteiger partial charge in [-0.05, 0) is 5.92 Å². The summed E-state index contributed by atoms with van der Waals surface area (Å²) < 4.78 is 23.7. The van der Waals surface area contributed by atoms with Crippen LogP contribution in [-0.2, 0) is 4.79 Å². The lowest BCUT2D eigenvalue weighted by Crippen LogP contribution is -2.52. The summed E-state index contributed by atoms with van der Waals surface area (Å²) in [5.41, 5.74) is 0. The molecule has 1 fully saturated rings. The van der Waals surface area contributed by atoms with Crippen molar-refractivity contribution in [2.45, 2.75) is 13.3 Å². The molecule has 1 heterocycles. The molecule has 76 valence electrons. The number of alkyl halides is 2. The largest absolute Gasteiger partial charge is 0.481 e. The highest BCUT2D eigenvalue weighted by Gasteiger charge is 2.35. The highest BCUT2D eigenvalue weighted by atomic mass is 19.3. The standard InChI is InChI=1S/C8H13F2NO2/c1-5(8(12)13)6-2-11(3-6)4-7(9)10/h5-7H,2-4H2,1H3,(H,12,13). The third-order valence-corrected chi connectivity index (χ3v) is 2.48. The van der Waals surface area contributed by atoms with E-state index in [9.17, 15) is 13.6 Å². The molecule has 0 aromatic rings. The van der Waals surface area contributed by atoms with Crippen molar-refractivity contribution in [3.63, 3.8) is 0 Å². The second kappa shape index (κ2) is 4.00. The summed E-state index contributed by atoms with van der Waals surface area (Å²) in [4.78, 5) is 12.1. The first kappa shape index (κ1) is 10.4. The maximum atomic E-state index is 11.8. The van der Waals surface area contributed by atoms with E-state index in [1.807, 2.05) is 0 Å². The second-order valence-electron chi connectivity index (χ2n) is 3.50. The average Bonchev–Trinajstić information content (AvgIpc) is 1.94. The molecule has 0 aromatic heterocycles. The van der Waals surface area contributed by atoms with Gasteiger partial charge in [0.2, 0.25) is 0 Å². The summed E-state index contributed by atoms with van der Waals surface area (Å²) >= 11 is 0. The highest BCUT2D eigenvalue weighted by molar-refractivity contribution is 5.70. The van der Waals surface area contributed by atoms with Crippen molar-refractivity contribution in [1.29, 1.82) is 0 Å². The van der Waals surface area contributed by atoms with Gasteiger partial charge in [-0.15, -0.1) is 0 Å². The van der Waals surface area contributed by atoms with Gasteiger partial charge in [0.15, 0.2) is 0 Å². The Hall–Kier alpha value is -0.710. The van der Waals surface area contributed by atoms with Gasteiger partial charge in [-0.1, -0.05) is 6.92 Å². The number of rotatable bonds is 4. The number of carboxylic acid groups (broad SMARTS) is 1. The SMILES string of the molecule is CC(C(=O)O)C1CN(CC(F)F)C1. The molecule has 0 spiro atoms. The molecule has 0 saturated carbocycles. The van der Waals surface area contributed by atoms with E-state index in [1.54, 1.807) is 11.8 Å². The quantitative estimate of drug-likeness (QED) is 0.721. The van der Waals surface area contributed by atoms with E-state index in [-0.39, 0.29) is 12.5 Å². The van der Waals surface area contributed by atoms with E-state index in [1.165, 1.54) is 0 Å². The van der Waals surface area contributed by atoms with Gasteiger partial charge < -0.3 is 5.11 Å². The molecule has 0 bridgehead atoms. The van der Waals surface area contributed by atoms with E-state index in [0.717, 1.165) is 0 Å². The molecule has 5 heteroatoms. The maximum Gasteiger partial charge on any atom is 0.306 e. The fraction of sp³-hybridized carbons (Fsp3) is 0.875.